The minimum absolute atomic E-state index is 0.00306. The summed E-state index contributed by atoms with van der Waals surface area (Å²) in [5.74, 6) is 0.183. The molecule has 0 fully saturated rings. The van der Waals surface area contributed by atoms with Gasteiger partial charge in [0.1, 0.15) is 0 Å². The maximum absolute atomic E-state index is 11.9. The van der Waals surface area contributed by atoms with Crippen LogP contribution in [0.3, 0.4) is 0 Å². The number of nitrogens with zero attached hydrogens (tertiary/aromatic N) is 1. The number of likely N-dealkylation sites (N-methyl/N-ethyl adjacent to an activating group) is 1. The average molecular weight is 234 g/mol. The molecule has 3 heteroatoms. The smallest absolute Gasteiger partial charge is 0.161 e. The Kier molecular flexibility index (Phi) is 2.90. The molecule has 0 spiro atoms. The predicted molar refractivity (Wildman–Crippen MR) is 69.5 cm³/mol. The molecular weight excluding hydrogens is 212 g/mol. The van der Waals surface area contributed by atoms with Crippen molar-refractivity contribution in [2.45, 2.75) is 46.1 Å². The Morgan fingerprint density at radius 1 is 1.35 bits per heavy atom. The highest BCUT2D eigenvalue weighted by Gasteiger charge is 2.29. The number of carbonyl (C=O) groups excluding carboxylic acids is 1. The first-order valence-corrected chi connectivity index (χ1v) is 6.24. The molecule has 0 aliphatic carbocycles. The van der Waals surface area contributed by atoms with Crippen LogP contribution in [0.2, 0.25) is 0 Å². The Hall–Kier alpha value is -1.09. The third-order valence-corrected chi connectivity index (χ3v) is 3.47. The zero-order valence-corrected chi connectivity index (χ0v) is 11.5. The van der Waals surface area contributed by atoms with Gasteiger partial charge in [0, 0.05) is 41.9 Å². The van der Waals surface area contributed by atoms with Crippen LogP contribution in [0.4, 0.5) is 0 Å². The highest BCUT2D eigenvalue weighted by atomic mass is 16.1. The van der Waals surface area contributed by atoms with Crippen molar-refractivity contribution < 1.29 is 4.79 Å². The number of aromatic amines is 1. The van der Waals surface area contributed by atoms with Gasteiger partial charge in [-0.1, -0.05) is 20.8 Å². The van der Waals surface area contributed by atoms with Gasteiger partial charge in [-0.3, -0.25) is 4.79 Å². The number of hydrogen-bond acceptors (Lipinski definition) is 2. The number of hydrogen-bond donors (Lipinski definition) is 1. The second-order valence-electron chi connectivity index (χ2n) is 6.13. The standard InChI is InChI=1S/C14H22N2O/c1-9(17)12-10-8-16(5)7-6-11(10)15-13(12)14(2,3)4/h15H,6-8H2,1-5H3. The molecule has 94 valence electrons. The first kappa shape index (κ1) is 12.4. The number of carbonyl (C=O) groups is 1. The molecule has 3 nitrogen and oxygen atoms in total. The van der Waals surface area contributed by atoms with Crippen LogP contribution >= 0.6 is 0 Å². The van der Waals surface area contributed by atoms with E-state index in [1.54, 1.807) is 6.92 Å². The highest BCUT2D eigenvalue weighted by molar-refractivity contribution is 5.97. The zero-order valence-electron chi connectivity index (χ0n) is 11.5. The van der Waals surface area contributed by atoms with Gasteiger partial charge in [0.15, 0.2) is 5.78 Å². The van der Waals surface area contributed by atoms with Crippen LogP contribution in [0.15, 0.2) is 0 Å². The van der Waals surface area contributed by atoms with E-state index >= 15 is 0 Å². The van der Waals surface area contributed by atoms with E-state index in [1.165, 1.54) is 11.3 Å². The normalized spacial score (nSPS) is 17.0. The average Bonchev–Trinajstić information content (AvgIpc) is 2.55. The van der Waals surface area contributed by atoms with E-state index < -0.39 is 0 Å². The fraction of sp³-hybridized carbons (Fsp3) is 0.643. The summed E-state index contributed by atoms with van der Waals surface area (Å²) in [6.07, 6.45) is 1.02. The van der Waals surface area contributed by atoms with E-state index in [0.717, 1.165) is 30.8 Å². The highest BCUT2D eigenvalue weighted by Crippen LogP contribution is 2.32. The molecule has 1 aromatic rings. The number of aromatic nitrogens is 1. The second kappa shape index (κ2) is 3.98. The summed E-state index contributed by atoms with van der Waals surface area (Å²) in [4.78, 5) is 17.7. The third kappa shape index (κ3) is 2.16. The number of fused-ring (bicyclic) bond motifs is 1. The molecule has 0 bridgehead atoms. The zero-order chi connectivity index (χ0) is 12.8. The van der Waals surface area contributed by atoms with Gasteiger partial charge in [0.05, 0.1) is 0 Å². The number of ketones is 1. The second-order valence-corrected chi connectivity index (χ2v) is 6.13. The Morgan fingerprint density at radius 2 is 2.00 bits per heavy atom. The van der Waals surface area contributed by atoms with Gasteiger partial charge in [-0.25, -0.2) is 0 Å². The largest absolute Gasteiger partial charge is 0.361 e. The molecule has 1 N–H and O–H groups in total. The number of Topliss-reactive ketones (excluding diaryl/α,β-unsaturated/α-hetero) is 1. The topological polar surface area (TPSA) is 36.1 Å². The van der Waals surface area contributed by atoms with Crippen molar-refractivity contribution in [2.24, 2.45) is 0 Å². The summed E-state index contributed by atoms with van der Waals surface area (Å²) in [5, 5.41) is 0. The van der Waals surface area contributed by atoms with Crippen LogP contribution in [-0.2, 0) is 18.4 Å². The van der Waals surface area contributed by atoms with Gasteiger partial charge in [0.25, 0.3) is 0 Å². The van der Waals surface area contributed by atoms with Crippen LogP contribution in [0.25, 0.3) is 0 Å². The molecule has 0 saturated carbocycles. The van der Waals surface area contributed by atoms with Crippen molar-refractivity contribution in [1.29, 1.82) is 0 Å². The van der Waals surface area contributed by atoms with Crippen molar-refractivity contribution in [3.8, 4) is 0 Å². The Bertz CT molecular complexity index is 452. The number of rotatable bonds is 1. The summed E-state index contributed by atoms with van der Waals surface area (Å²) < 4.78 is 0. The summed E-state index contributed by atoms with van der Waals surface area (Å²) in [6, 6.07) is 0. The van der Waals surface area contributed by atoms with Crippen molar-refractivity contribution in [3.63, 3.8) is 0 Å². The molecule has 1 aliphatic rings. The molecule has 0 radical (unpaired) electrons. The molecule has 17 heavy (non-hydrogen) atoms. The van der Waals surface area contributed by atoms with Crippen molar-refractivity contribution in [3.05, 3.63) is 22.5 Å². The molecule has 1 aromatic heterocycles. The van der Waals surface area contributed by atoms with Gasteiger partial charge in [-0.05, 0) is 19.5 Å². The van der Waals surface area contributed by atoms with E-state index in [1.807, 2.05) is 0 Å². The first-order valence-electron chi connectivity index (χ1n) is 6.24. The van der Waals surface area contributed by atoms with Gasteiger partial charge in [0.2, 0.25) is 0 Å². The SMILES string of the molecule is CC(=O)c1c(C(C)(C)C)[nH]c2c1CN(C)CC2. The molecule has 2 rings (SSSR count). The lowest BCUT2D eigenvalue weighted by atomic mass is 9.87. The minimum atomic E-state index is -0.00306. The lowest BCUT2D eigenvalue weighted by Crippen LogP contribution is -2.27. The molecule has 0 saturated heterocycles. The maximum atomic E-state index is 11.9. The Labute approximate surface area is 103 Å². The maximum Gasteiger partial charge on any atom is 0.161 e. The fourth-order valence-corrected chi connectivity index (χ4v) is 2.58. The molecule has 0 aromatic carbocycles. The van der Waals surface area contributed by atoms with Crippen molar-refractivity contribution >= 4 is 5.78 Å². The van der Waals surface area contributed by atoms with E-state index in [9.17, 15) is 4.79 Å². The molecule has 0 atom stereocenters. The van der Waals surface area contributed by atoms with Gasteiger partial charge < -0.3 is 9.88 Å². The van der Waals surface area contributed by atoms with Crippen molar-refractivity contribution in [1.82, 2.24) is 9.88 Å². The van der Waals surface area contributed by atoms with Crippen LogP contribution in [-0.4, -0.2) is 29.3 Å². The predicted octanol–water partition coefficient (Wildman–Crippen LogP) is 2.50. The third-order valence-electron chi connectivity index (χ3n) is 3.47. The molecule has 1 aliphatic heterocycles. The fourth-order valence-electron chi connectivity index (χ4n) is 2.58. The molecule has 0 unspecified atom stereocenters. The van der Waals surface area contributed by atoms with Crippen LogP contribution < -0.4 is 0 Å². The van der Waals surface area contributed by atoms with Gasteiger partial charge >= 0.3 is 0 Å². The van der Waals surface area contributed by atoms with E-state index in [2.05, 4.69) is 37.7 Å². The quantitative estimate of drug-likeness (QED) is 0.758. The van der Waals surface area contributed by atoms with Crippen LogP contribution in [0.5, 0.6) is 0 Å². The lowest BCUT2D eigenvalue weighted by molar-refractivity contribution is 0.101. The van der Waals surface area contributed by atoms with Crippen LogP contribution in [0, 0.1) is 0 Å². The first-order chi connectivity index (χ1) is 7.80. The minimum Gasteiger partial charge on any atom is -0.361 e. The summed E-state index contributed by atoms with van der Waals surface area (Å²) in [5.41, 5.74) is 4.51. The Balaban J connectivity index is 2.59. The molecule has 0 amide bonds. The number of H-pyrrole nitrogens is 1. The summed E-state index contributed by atoms with van der Waals surface area (Å²) in [7, 11) is 2.11. The molecular formula is C14H22N2O. The van der Waals surface area contributed by atoms with E-state index in [0.29, 0.717) is 0 Å². The Morgan fingerprint density at radius 3 is 2.53 bits per heavy atom. The molecule has 2 heterocycles. The van der Waals surface area contributed by atoms with E-state index in [4.69, 9.17) is 0 Å². The van der Waals surface area contributed by atoms with Gasteiger partial charge in [-0.2, -0.15) is 0 Å². The lowest BCUT2D eigenvalue weighted by Gasteiger charge is -2.23. The van der Waals surface area contributed by atoms with Crippen molar-refractivity contribution in [2.75, 3.05) is 13.6 Å². The summed E-state index contributed by atoms with van der Waals surface area (Å²) >= 11 is 0. The summed E-state index contributed by atoms with van der Waals surface area (Å²) in [6.45, 7) is 10.1. The number of nitrogens with one attached hydrogen (secondary N) is 1. The van der Waals surface area contributed by atoms with Crippen LogP contribution in [0.1, 0.15) is 55.0 Å². The van der Waals surface area contributed by atoms with E-state index in [-0.39, 0.29) is 11.2 Å². The monoisotopic (exact) mass is 234 g/mol. The van der Waals surface area contributed by atoms with Gasteiger partial charge in [-0.15, -0.1) is 0 Å².